The first-order chi connectivity index (χ1) is 12.4. The van der Waals surface area contributed by atoms with Gasteiger partial charge in [-0.05, 0) is 69.7 Å². The van der Waals surface area contributed by atoms with Crippen LogP contribution in [0.3, 0.4) is 0 Å². The van der Waals surface area contributed by atoms with E-state index in [-0.39, 0.29) is 18.4 Å². The molecule has 2 N–H and O–H groups in total. The highest BCUT2D eigenvalue weighted by atomic mass is 16.2. The van der Waals surface area contributed by atoms with Gasteiger partial charge in [0.2, 0.25) is 11.8 Å². The van der Waals surface area contributed by atoms with Crippen molar-refractivity contribution < 1.29 is 9.59 Å². The number of rotatable bonds is 7. The van der Waals surface area contributed by atoms with Gasteiger partial charge in [0.15, 0.2) is 0 Å². The van der Waals surface area contributed by atoms with E-state index in [0.717, 1.165) is 42.7 Å². The van der Waals surface area contributed by atoms with Crippen molar-refractivity contribution >= 4 is 17.5 Å². The molecule has 0 saturated carbocycles. The highest BCUT2D eigenvalue weighted by molar-refractivity contribution is 5.95. The summed E-state index contributed by atoms with van der Waals surface area (Å²) in [5, 5.41) is 6.34. The number of carbonyl (C=O) groups excluding carboxylic acids is 2. The standard InChI is InChI=1S/C21H33N3O2/c1-5-24(20(26)13-17(4)18-9-11-22-12-10-18)14-19(25)23-21-15(2)7-6-8-16(21)3/h6-8,17-18,22H,5,9-14H2,1-4H3,(H,23,25). The summed E-state index contributed by atoms with van der Waals surface area (Å²) in [6.45, 7) is 10.8. The summed E-state index contributed by atoms with van der Waals surface area (Å²) in [6, 6.07) is 5.93. The first-order valence-electron chi connectivity index (χ1n) is 9.77. The lowest BCUT2D eigenvalue weighted by Crippen LogP contribution is -2.40. The molecule has 26 heavy (non-hydrogen) atoms. The van der Waals surface area contributed by atoms with Crippen LogP contribution in [-0.2, 0) is 9.59 Å². The highest BCUT2D eigenvalue weighted by Gasteiger charge is 2.25. The minimum Gasteiger partial charge on any atom is -0.334 e. The van der Waals surface area contributed by atoms with E-state index >= 15 is 0 Å². The largest absolute Gasteiger partial charge is 0.334 e. The number of hydrogen-bond donors (Lipinski definition) is 2. The molecule has 5 heteroatoms. The van der Waals surface area contributed by atoms with E-state index in [1.165, 1.54) is 0 Å². The number of piperidine rings is 1. The van der Waals surface area contributed by atoms with Gasteiger partial charge in [0.1, 0.15) is 0 Å². The summed E-state index contributed by atoms with van der Waals surface area (Å²) in [5.74, 6) is 0.907. The van der Waals surface area contributed by atoms with Gasteiger partial charge in [-0.3, -0.25) is 9.59 Å². The van der Waals surface area contributed by atoms with Crippen LogP contribution in [-0.4, -0.2) is 42.9 Å². The zero-order chi connectivity index (χ0) is 19.1. The molecule has 1 aromatic rings. The van der Waals surface area contributed by atoms with Gasteiger partial charge in [-0.1, -0.05) is 25.1 Å². The Morgan fingerprint density at radius 2 is 1.85 bits per heavy atom. The molecule has 0 radical (unpaired) electrons. The van der Waals surface area contributed by atoms with Crippen LogP contribution in [0.4, 0.5) is 5.69 Å². The second-order valence-corrected chi connectivity index (χ2v) is 7.49. The molecule has 5 nitrogen and oxygen atoms in total. The molecule has 1 saturated heterocycles. The van der Waals surface area contributed by atoms with Crippen LogP contribution in [0, 0.1) is 25.7 Å². The molecule has 0 spiro atoms. The third-order valence-corrected chi connectivity index (χ3v) is 5.50. The Bertz CT molecular complexity index is 603. The molecule has 0 aliphatic carbocycles. The third-order valence-electron chi connectivity index (χ3n) is 5.50. The Morgan fingerprint density at radius 3 is 2.42 bits per heavy atom. The molecule has 1 aromatic carbocycles. The molecule has 1 aliphatic heterocycles. The molecule has 1 fully saturated rings. The quantitative estimate of drug-likeness (QED) is 0.786. The van der Waals surface area contributed by atoms with E-state index in [1.807, 2.05) is 39.0 Å². The number of carbonyl (C=O) groups is 2. The lowest BCUT2D eigenvalue weighted by atomic mass is 9.84. The number of aryl methyl sites for hydroxylation is 2. The van der Waals surface area contributed by atoms with Crippen molar-refractivity contribution in [3.8, 4) is 0 Å². The van der Waals surface area contributed by atoms with Gasteiger partial charge in [0.05, 0.1) is 6.54 Å². The van der Waals surface area contributed by atoms with Crippen LogP contribution in [0.25, 0.3) is 0 Å². The molecule has 2 amide bonds. The van der Waals surface area contributed by atoms with Crippen LogP contribution in [0.1, 0.15) is 44.2 Å². The minimum atomic E-state index is -0.132. The molecule has 1 heterocycles. The maximum Gasteiger partial charge on any atom is 0.244 e. The van der Waals surface area contributed by atoms with Crippen molar-refractivity contribution in [2.75, 3.05) is 31.5 Å². The maximum absolute atomic E-state index is 12.7. The predicted molar refractivity (Wildman–Crippen MR) is 106 cm³/mol. The average molecular weight is 360 g/mol. The summed E-state index contributed by atoms with van der Waals surface area (Å²) in [6.07, 6.45) is 2.79. The molecular formula is C21H33N3O2. The zero-order valence-electron chi connectivity index (χ0n) is 16.6. The highest BCUT2D eigenvalue weighted by Crippen LogP contribution is 2.25. The fraction of sp³-hybridized carbons (Fsp3) is 0.619. The Hall–Kier alpha value is -1.88. The summed E-state index contributed by atoms with van der Waals surface area (Å²) < 4.78 is 0. The van der Waals surface area contributed by atoms with Crippen molar-refractivity contribution in [1.29, 1.82) is 0 Å². The van der Waals surface area contributed by atoms with Crippen LogP contribution < -0.4 is 10.6 Å². The van der Waals surface area contributed by atoms with Crippen molar-refractivity contribution in [3.63, 3.8) is 0 Å². The van der Waals surface area contributed by atoms with E-state index in [2.05, 4.69) is 17.6 Å². The molecule has 0 bridgehead atoms. The Balaban J connectivity index is 1.90. The summed E-state index contributed by atoms with van der Waals surface area (Å²) >= 11 is 0. The number of likely N-dealkylation sites (N-methyl/N-ethyl adjacent to an activating group) is 1. The first-order valence-corrected chi connectivity index (χ1v) is 9.77. The minimum absolute atomic E-state index is 0.0789. The Kier molecular flexibility index (Phi) is 7.64. The van der Waals surface area contributed by atoms with Crippen LogP contribution in [0.2, 0.25) is 0 Å². The summed E-state index contributed by atoms with van der Waals surface area (Å²) in [7, 11) is 0. The average Bonchev–Trinajstić information content (AvgIpc) is 2.63. The van der Waals surface area contributed by atoms with Crippen molar-refractivity contribution in [2.45, 2.75) is 47.0 Å². The fourth-order valence-electron chi connectivity index (χ4n) is 3.72. The molecule has 0 aromatic heterocycles. The van der Waals surface area contributed by atoms with Gasteiger partial charge in [-0.25, -0.2) is 0 Å². The van der Waals surface area contributed by atoms with E-state index in [9.17, 15) is 9.59 Å². The molecule has 1 aliphatic rings. The number of hydrogen-bond acceptors (Lipinski definition) is 3. The second-order valence-electron chi connectivity index (χ2n) is 7.49. The number of para-hydroxylation sites is 1. The van der Waals surface area contributed by atoms with Gasteiger partial charge in [0, 0.05) is 18.7 Å². The Labute approximate surface area is 157 Å². The van der Waals surface area contributed by atoms with Gasteiger partial charge in [0.25, 0.3) is 0 Å². The lowest BCUT2D eigenvalue weighted by molar-refractivity contribution is -0.135. The van der Waals surface area contributed by atoms with Crippen molar-refractivity contribution in [1.82, 2.24) is 10.2 Å². The van der Waals surface area contributed by atoms with Crippen LogP contribution in [0.15, 0.2) is 18.2 Å². The number of amides is 2. The number of benzene rings is 1. The predicted octanol–water partition coefficient (Wildman–Crippen LogP) is 3.12. The second kappa shape index (κ2) is 9.72. The fourth-order valence-corrected chi connectivity index (χ4v) is 3.72. The molecule has 1 atom stereocenters. The van der Waals surface area contributed by atoms with Gasteiger partial charge in [-0.15, -0.1) is 0 Å². The normalized spacial score (nSPS) is 16.2. The van der Waals surface area contributed by atoms with E-state index in [4.69, 9.17) is 0 Å². The van der Waals surface area contributed by atoms with Crippen molar-refractivity contribution in [3.05, 3.63) is 29.3 Å². The van der Waals surface area contributed by atoms with Crippen LogP contribution >= 0.6 is 0 Å². The summed E-state index contributed by atoms with van der Waals surface area (Å²) in [5.41, 5.74) is 2.92. The van der Waals surface area contributed by atoms with E-state index in [0.29, 0.717) is 24.8 Å². The van der Waals surface area contributed by atoms with Gasteiger partial charge < -0.3 is 15.5 Å². The van der Waals surface area contributed by atoms with Crippen LogP contribution in [0.5, 0.6) is 0 Å². The number of nitrogens with zero attached hydrogens (tertiary/aromatic N) is 1. The number of anilines is 1. The third kappa shape index (κ3) is 5.56. The van der Waals surface area contributed by atoms with E-state index < -0.39 is 0 Å². The van der Waals surface area contributed by atoms with Gasteiger partial charge >= 0.3 is 0 Å². The molecule has 2 rings (SSSR count). The Morgan fingerprint density at radius 1 is 1.23 bits per heavy atom. The molecular weight excluding hydrogens is 326 g/mol. The van der Waals surface area contributed by atoms with Crippen molar-refractivity contribution in [2.24, 2.45) is 11.8 Å². The molecule has 144 valence electrons. The monoisotopic (exact) mass is 359 g/mol. The SMILES string of the molecule is CCN(CC(=O)Nc1c(C)cccc1C)C(=O)CC(C)C1CCNCC1. The first kappa shape index (κ1) is 20.4. The topological polar surface area (TPSA) is 61.4 Å². The zero-order valence-corrected chi connectivity index (χ0v) is 16.6. The van der Waals surface area contributed by atoms with E-state index in [1.54, 1.807) is 4.90 Å². The molecule has 1 unspecified atom stereocenters. The number of nitrogens with one attached hydrogen (secondary N) is 2. The summed E-state index contributed by atoms with van der Waals surface area (Å²) in [4.78, 5) is 26.8. The smallest absolute Gasteiger partial charge is 0.244 e. The maximum atomic E-state index is 12.7. The lowest BCUT2D eigenvalue weighted by Gasteiger charge is -2.29. The van der Waals surface area contributed by atoms with Gasteiger partial charge in [-0.2, -0.15) is 0 Å².